The molecule has 3 rings (SSSR count). The number of benzene rings is 1. The number of aliphatic hydroxyl groups is 1. The molecule has 0 bridgehead atoms. The number of primary amides is 1. The van der Waals surface area contributed by atoms with Crippen LogP contribution in [-0.4, -0.2) is 148 Å². The van der Waals surface area contributed by atoms with E-state index in [0.29, 0.717) is 25.0 Å². The Morgan fingerprint density at radius 1 is 0.797 bits per heavy atom. The molecule has 0 saturated heterocycles. The third-order valence-electron chi connectivity index (χ3n) is 11.5. The van der Waals surface area contributed by atoms with E-state index in [9.17, 15) is 62.2 Å². The Labute approximate surface area is 426 Å². The molecule has 0 aliphatic carbocycles. The molecule has 0 radical (unpaired) electrons. The van der Waals surface area contributed by atoms with Crippen LogP contribution in [0.15, 0.2) is 54.3 Å². The lowest BCUT2D eigenvalue weighted by atomic mass is 9.82. The van der Waals surface area contributed by atoms with Crippen LogP contribution < -0.4 is 37.6 Å². The van der Waals surface area contributed by atoms with E-state index in [2.05, 4.69) is 31.9 Å². The summed E-state index contributed by atoms with van der Waals surface area (Å²) in [7, 11) is 0. The number of aliphatic hydroxyl groups excluding tert-OH is 1. The number of allylic oxidation sites excluding steroid dienone is 2. The average Bonchev–Trinajstić information content (AvgIpc) is 3.89. The minimum absolute atomic E-state index is 0.0256. The second-order valence-corrected chi connectivity index (χ2v) is 18.4. The Balaban J connectivity index is 1.82. The standard InChI is InChI=1S/C49H66F2N10O13/c1-6-29(2)26-59-27-30(32-21-31(50)11-12-33(32)51)20-36(59)46(49(3,4)5)61(44(70)28-62)19-16-34(47(73)53-17-15-39(65)56-25-45(71)72)58-48(74)35(22-37(52)63)57-41(67)24-55-40(66)23-54-38(64)10-8-7-9-18-60-42(68)13-14-43(60)69/h6,11-14,20-21,27,34-35,46,62H,7-10,15-19,22-26,28H2,1-5H3,(H2,52,63)(H,53,73)(H,54,64)(H,55,66)(H,56,65)(H,57,67)(H,58,74)(H,71,72)/b29-6+. The van der Waals surface area contributed by atoms with E-state index in [4.69, 9.17) is 10.8 Å². The van der Waals surface area contributed by atoms with Crippen molar-refractivity contribution in [2.24, 2.45) is 11.1 Å². The van der Waals surface area contributed by atoms with Crippen LogP contribution in [0.25, 0.3) is 11.1 Å². The van der Waals surface area contributed by atoms with Crippen LogP contribution in [0, 0.1) is 17.0 Å². The van der Waals surface area contributed by atoms with Gasteiger partial charge in [0, 0.05) is 74.2 Å². The van der Waals surface area contributed by atoms with Gasteiger partial charge < -0.3 is 57.3 Å². The molecule has 2 aromatic rings. The molecule has 3 unspecified atom stereocenters. The van der Waals surface area contributed by atoms with Crippen LogP contribution in [0.5, 0.6) is 0 Å². The number of aromatic nitrogens is 1. The number of hydrogen-bond donors (Lipinski definition) is 9. The molecule has 10 amide bonds. The smallest absolute Gasteiger partial charge is 0.322 e. The Kier molecular flexibility index (Phi) is 23.7. The number of carboxylic acids is 1. The lowest BCUT2D eigenvalue weighted by Crippen LogP contribution is -2.56. The van der Waals surface area contributed by atoms with Crippen LogP contribution in [0.1, 0.15) is 91.3 Å². The number of rotatable bonds is 30. The zero-order valence-corrected chi connectivity index (χ0v) is 42.0. The van der Waals surface area contributed by atoms with Gasteiger partial charge in [0.1, 0.15) is 36.9 Å². The highest BCUT2D eigenvalue weighted by molar-refractivity contribution is 6.12. The highest BCUT2D eigenvalue weighted by atomic mass is 19.1. The molecule has 0 spiro atoms. The van der Waals surface area contributed by atoms with Crippen LogP contribution in [-0.2, 0) is 59.3 Å². The first kappa shape index (κ1) is 60.5. The van der Waals surface area contributed by atoms with Crippen LogP contribution >= 0.6 is 0 Å². The SMILES string of the molecule is C/C=C(\C)Cn1cc(-c2cc(F)ccc2F)cc1C(N(CCC(NC(=O)C(CC(N)=O)NC(=O)CNC(=O)CNC(=O)CCCCCN1C(=O)C=CC1=O)C(=O)NCCC(=O)NCC(=O)O)C(=O)CO)C(C)(C)C. The molecule has 25 heteroatoms. The number of carboxylic acid groups (broad SMARTS) is 1. The molecule has 1 aromatic heterocycles. The number of carbonyl (C=O) groups excluding carboxylic acids is 10. The van der Waals surface area contributed by atoms with Crippen molar-refractivity contribution in [3.63, 3.8) is 0 Å². The third kappa shape index (κ3) is 19.6. The van der Waals surface area contributed by atoms with Gasteiger partial charge in [0.2, 0.25) is 47.3 Å². The predicted octanol–water partition coefficient (Wildman–Crippen LogP) is -0.0324. The van der Waals surface area contributed by atoms with Crippen molar-refractivity contribution in [1.29, 1.82) is 0 Å². The summed E-state index contributed by atoms with van der Waals surface area (Å²) in [6.07, 6.45) is 5.53. The second kappa shape index (κ2) is 29.0. The van der Waals surface area contributed by atoms with Crippen molar-refractivity contribution in [3.8, 4) is 11.1 Å². The highest BCUT2D eigenvalue weighted by Crippen LogP contribution is 2.41. The van der Waals surface area contributed by atoms with Crippen LogP contribution in [0.2, 0.25) is 0 Å². The number of nitrogens with two attached hydrogens (primary N) is 1. The summed E-state index contributed by atoms with van der Waals surface area (Å²) in [5.41, 5.74) is 6.01. The molecule has 404 valence electrons. The number of aliphatic carboxylic acids is 1. The maximum Gasteiger partial charge on any atom is 0.322 e. The largest absolute Gasteiger partial charge is 0.480 e. The quantitative estimate of drug-likeness (QED) is 0.0282. The number of unbranched alkanes of at least 4 members (excludes halogenated alkanes) is 2. The zero-order chi connectivity index (χ0) is 55.3. The topological polar surface area (TPSA) is 338 Å². The fraction of sp³-hybridized carbons (Fsp3) is 0.490. The van der Waals surface area contributed by atoms with Gasteiger partial charge in [-0.05, 0) is 62.8 Å². The summed E-state index contributed by atoms with van der Waals surface area (Å²) in [6, 6.07) is 0.234. The summed E-state index contributed by atoms with van der Waals surface area (Å²) in [4.78, 5) is 141. The van der Waals surface area contributed by atoms with Crippen molar-refractivity contribution in [2.75, 3.05) is 45.9 Å². The van der Waals surface area contributed by atoms with Gasteiger partial charge in [0.25, 0.3) is 11.8 Å². The van der Waals surface area contributed by atoms with E-state index in [1.54, 1.807) is 44.5 Å². The molecule has 0 fully saturated rings. The van der Waals surface area contributed by atoms with E-state index < -0.39 is 146 Å². The first-order chi connectivity index (χ1) is 34.8. The molecule has 23 nitrogen and oxygen atoms in total. The molecule has 1 aliphatic rings. The van der Waals surface area contributed by atoms with Crippen LogP contribution in [0.4, 0.5) is 8.78 Å². The molecular weight excluding hydrogens is 975 g/mol. The summed E-state index contributed by atoms with van der Waals surface area (Å²) in [6.45, 7) is 5.66. The number of halogens is 2. The molecule has 2 heterocycles. The number of carbonyl (C=O) groups is 11. The van der Waals surface area contributed by atoms with Crippen molar-refractivity contribution in [1.82, 2.24) is 46.3 Å². The number of nitrogens with one attached hydrogen (secondary N) is 6. The Morgan fingerprint density at radius 2 is 1.43 bits per heavy atom. The van der Waals surface area contributed by atoms with Gasteiger partial charge in [-0.25, -0.2) is 8.78 Å². The van der Waals surface area contributed by atoms with E-state index in [-0.39, 0.29) is 43.7 Å². The fourth-order valence-corrected chi connectivity index (χ4v) is 7.72. The van der Waals surface area contributed by atoms with Gasteiger partial charge in [-0.15, -0.1) is 0 Å². The molecule has 1 aliphatic heterocycles. The first-order valence-electron chi connectivity index (χ1n) is 23.7. The zero-order valence-electron chi connectivity index (χ0n) is 42.0. The third-order valence-corrected chi connectivity index (χ3v) is 11.5. The highest BCUT2D eigenvalue weighted by Gasteiger charge is 2.38. The van der Waals surface area contributed by atoms with E-state index in [0.717, 1.165) is 28.7 Å². The van der Waals surface area contributed by atoms with Gasteiger partial charge in [0.15, 0.2) is 0 Å². The monoisotopic (exact) mass is 1040 g/mol. The second-order valence-electron chi connectivity index (χ2n) is 18.4. The minimum atomic E-state index is -1.75. The summed E-state index contributed by atoms with van der Waals surface area (Å²) < 4.78 is 31.4. The maximum absolute atomic E-state index is 15.2. The number of nitrogens with zero attached hydrogens (tertiary/aromatic N) is 3. The number of imide groups is 1. The van der Waals surface area contributed by atoms with E-state index >= 15 is 4.39 Å². The van der Waals surface area contributed by atoms with E-state index in [1.165, 1.54) is 17.1 Å². The lowest BCUT2D eigenvalue weighted by molar-refractivity contribution is -0.140. The van der Waals surface area contributed by atoms with Gasteiger partial charge in [-0.1, -0.05) is 38.8 Å². The predicted molar refractivity (Wildman–Crippen MR) is 261 cm³/mol. The Hall–Kier alpha value is -7.83. The molecule has 0 saturated carbocycles. The van der Waals surface area contributed by atoms with Crippen molar-refractivity contribution < 1.29 is 71.7 Å². The normalized spacial score (nSPS) is 13.6. The van der Waals surface area contributed by atoms with Crippen molar-refractivity contribution >= 4 is 65.0 Å². The summed E-state index contributed by atoms with van der Waals surface area (Å²) in [5.74, 6) is -10.6. The fourth-order valence-electron chi connectivity index (χ4n) is 7.72. The number of amides is 10. The minimum Gasteiger partial charge on any atom is -0.480 e. The molecule has 1 aromatic carbocycles. The first-order valence-corrected chi connectivity index (χ1v) is 23.7. The Bertz CT molecular complexity index is 2470. The summed E-state index contributed by atoms with van der Waals surface area (Å²) in [5, 5.41) is 33.2. The lowest BCUT2D eigenvalue weighted by Gasteiger charge is -2.41. The van der Waals surface area contributed by atoms with Crippen molar-refractivity contribution in [2.45, 2.75) is 104 Å². The average molecular weight is 1040 g/mol. The van der Waals surface area contributed by atoms with Gasteiger partial charge in [0.05, 0.1) is 25.6 Å². The van der Waals surface area contributed by atoms with Crippen molar-refractivity contribution in [3.05, 3.63) is 71.6 Å². The van der Waals surface area contributed by atoms with Crippen LogP contribution in [0.3, 0.4) is 0 Å². The molecular formula is C49H66F2N10O13. The molecule has 3 atom stereocenters. The maximum atomic E-state index is 15.2. The summed E-state index contributed by atoms with van der Waals surface area (Å²) >= 11 is 0. The van der Waals surface area contributed by atoms with Gasteiger partial charge in [-0.2, -0.15) is 0 Å². The molecule has 74 heavy (non-hydrogen) atoms. The molecule has 10 N–H and O–H groups in total. The number of hydrogen-bond acceptors (Lipinski definition) is 12. The van der Waals surface area contributed by atoms with Gasteiger partial charge in [-0.3, -0.25) is 57.6 Å². The van der Waals surface area contributed by atoms with Gasteiger partial charge >= 0.3 is 5.97 Å². The van der Waals surface area contributed by atoms with E-state index in [1.807, 2.05) is 13.0 Å². The Morgan fingerprint density at radius 3 is 2.05 bits per heavy atom.